The summed E-state index contributed by atoms with van der Waals surface area (Å²) in [5, 5.41) is 11.4. The molecule has 106 heavy (non-hydrogen) atoms. The molecule has 0 atom stereocenters. The van der Waals surface area contributed by atoms with E-state index in [4.69, 9.17) is 0 Å². The first-order valence-corrected chi connectivity index (χ1v) is 34.3. The molecule has 0 saturated heterocycles. The molecule has 0 amide bonds. The maximum absolute atomic E-state index is 4.67. The summed E-state index contributed by atoms with van der Waals surface area (Å²) in [5.41, 5.74) is 19.4. The molecule has 8 nitrogen and oxygen atoms in total. The van der Waals surface area contributed by atoms with Gasteiger partial charge >= 0.3 is 40.2 Å². The van der Waals surface area contributed by atoms with Crippen LogP contribution in [0.1, 0.15) is 0 Å². The van der Waals surface area contributed by atoms with Crippen molar-refractivity contribution in [3.8, 4) is 67.0 Å². The Morgan fingerprint density at radius 3 is 0.774 bits per heavy atom. The first kappa shape index (κ1) is 71.6. The second kappa shape index (κ2) is 35.4. The van der Waals surface area contributed by atoms with E-state index in [1.54, 1.807) is 12.4 Å². The van der Waals surface area contributed by atoms with Crippen LogP contribution in [0.5, 0.6) is 0 Å². The van der Waals surface area contributed by atoms with Gasteiger partial charge in [-0.25, -0.2) is 0 Å². The Hall–Kier alpha value is -12.8. The molecule has 0 spiro atoms. The van der Waals surface area contributed by atoms with Gasteiger partial charge in [0.15, 0.2) is 0 Å². The Bertz CT molecular complexity index is 5450. The van der Waals surface area contributed by atoms with Gasteiger partial charge in [-0.1, -0.05) is 206 Å². The van der Waals surface area contributed by atoms with Gasteiger partial charge in [0, 0.05) is 71.1 Å². The molecule has 10 heteroatoms. The molecule has 0 N–H and O–H groups in total. The van der Waals surface area contributed by atoms with Crippen molar-refractivity contribution in [1.29, 1.82) is 0 Å². The first-order chi connectivity index (χ1) is 51.7. The number of hydrogen-bond donors (Lipinski definition) is 0. The molecule has 0 aliphatic carbocycles. The molecule has 0 aliphatic heterocycles. The Balaban J connectivity index is 0.000000116. The average Bonchev–Trinajstić information content (AvgIpc) is 0.760. The van der Waals surface area contributed by atoms with Crippen molar-refractivity contribution in [2.75, 3.05) is 0 Å². The van der Waals surface area contributed by atoms with Crippen LogP contribution in [-0.2, 0) is 40.2 Å². The van der Waals surface area contributed by atoms with Gasteiger partial charge in [0.2, 0.25) is 0 Å². The largest absolute Gasteiger partial charge is 3.00 e. The fourth-order valence-electron chi connectivity index (χ4n) is 12.8. The van der Waals surface area contributed by atoms with Gasteiger partial charge < -0.3 is 19.9 Å². The van der Waals surface area contributed by atoms with Crippen LogP contribution in [0, 0.1) is 24.3 Å². The van der Waals surface area contributed by atoms with Gasteiger partial charge in [0.25, 0.3) is 0 Å². The van der Waals surface area contributed by atoms with E-state index in [9.17, 15) is 0 Å². The summed E-state index contributed by atoms with van der Waals surface area (Å²) in [6, 6.07) is 127. The van der Waals surface area contributed by atoms with Crippen LogP contribution in [0.3, 0.4) is 0 Å². The van der Waals surface area contributed by atoms with E-state index >= 15 is 0 Å². The molecule has 20 rings (SSSR count). The summed E-state index contributed by atoms with van der Waals surface area (Å²) in [4.78, 5) is 35.9. The smallest absolute Gasteiger partial charge is 0.305 e. The minimum atomic E-state index is 0. The molecule has 0 aliphatic rings. The molecule has 0 unspecified atom stereocenters. The zero-order valence-corrected chi connectivity index (χ0v) is 62.0. The monoisotopic (exact) mass is 1710 g/mol. The predicted octanol–water partition coefficient (Wildman–Crippen LogP) is 23.7. The van der Waals surface area contributed by atoms with E-state index in [1.807, 2.05) is 183 Å². The Morgan fingerprint density at radius 1 is 0.179 bits per heavy atom. The summed E-state index contributed by atoms with van der Waals surface area (Å²) in [6.45, 7) is 0. The number of aromatic nitrogens is 8. The summed E-state index contributed by atoms with van der Waals surface area (Å²) in [6.07, 6.45) is 14.7. The maximum atomic E-state index is 4.67. The quantitative estimate of drug-likeness (QED) is 0.120. The van der Waals surface area contributed by atoms with Gasteiger partial charge in [-0.2, -0.15) is 0 Å². The zero-order valence-electron chi connectivity index (χ0n) is 57.2. The van der Waals surface area contributed by atoms with Crippen molar-refractivity contribution < 1.29 is 40.2 Å². The van der Waals surface area contributed by atoms with Gasteiger partial charge in [0.1, 0.15) is 0 Å². The second-order valence-corrected chi connectivity index (χ2v) is 24.1. The topological polar surface area (TPSA) is 103 Å². The zero-order chi connectivity index (χ0) is 69.9. The molecular weight excluding hydrogens is 1650 g/mol. The third-order valence-corrected chi connectivity index (χ3v) is 17.7. The fraction of sp³-hybridized carbons (Fsp3) is 0. The van der Waals surface area contributed by atoms with Crippen molar-refractivity contribution >= 4 is 87.0 Å². The van der Waals surface area contributed by atoms with Gasteiger partial charge in [-0.05, 0) is 126 Å². The number of nitrogens with zero attached hydrogens (tertiary/aromatic N) is 8. The molecule has 0 radical (unpaired) electrons. The van der Waals surface area contributed by atoms with E-state index in [1.165, 1.54) is 66.1 Å². The number of rotatable bonds is 6. The second-order valence-electron chi connectivity index (χ2n) is 24.1. The maximum Gasteiger partial charge on any atom is 3.00 e. The minimum absolute atomic E-state index is 0. The molecule has 8 aromatic heterocycles. The van der Waals surface area contributed by atoms with Crippen molar-refractivity contribution in [2.24, 2.45) is 0 Å². The SMILES string of the molecule is [Ir+3].[Ir+3].[c-]1cccc2ccc3cccnc3c12.[c-]1cccc2ccc3cccnc3c12.[c-]1ccccc1-c1ccccn1.[c-]1ccccc1-c1ccccn1.c1ccc(-c2ccnc3c2ccc2c(-c4ccccc4)ccnc23)cc1.c1ccc(-c2ccnc3c2ccc2c(-c4ccccc4)ccnc23)cc1. The molecule has 12 aromatic carbocycles. The fourth-order valence-corrected chi connectivity index (χ4v) is 12.8. The van der Waals surface area contributed by atoms with Crippen molar-refractivity contribution in [2.45, 2.75) is 0 Å². The van der Waals surface area contributed by atoms with E-state index in [-0.39, 0.29) is 40.2 Å². The third-order valence-electron chi connectivity index (χ3n) is 17.7. The molecular formula is C96H64Ir2N8+2. The summed E-state index contributed by atoms with van der Waals surface area (Å²) in [5.74, 6) is 0. The standard InChI is InChI=1S/2C24H16N2.2C13H8N.2C11H8N.2Ir/c2*1-3-7-17(8-4-1)19-13-15-25-23-21(19)11-12-22-20(14-16-26-24(22)23)18-9-5-2-6-10-18;2*1-2-6-12-10(4-1)7-8-11-5-3-9-14-13(11)12;2*1-2-6-10(7-3-1)11-8-4-5-9-12-11;;/h2*1-16H;2*1-5,7-9H;2*1-6,8-9H;;/q;;4*-1;2*+3. The van der Waals surface area contributed by atoms with Crippen LogP contribution >= 0.6 is 0 Å². The van der Waals surface area contributed by atoms with Crippen LogP contribution in [0.15, 0.2) is 389 Å². The Morgan fingerprint density at radius 2 is 0.462 bits per heavy atom. The minimum Gasteiger partial charge on any atom is -0.305 e. The van der Waals surface area contributed by atoms with E-state index in [0.717, 1.165) is 87.9 Å². The number of fused-ring (bicyclic) bond motifs is 12. The predicted molar refractivity (Wildman–Crippen MR) is 429 cm³/mol. The van der Waals surface area contributed by atoms with Gasteiger partial charge in [-0.3, -0.25) is 19.9 Å². The van der Waals surface area contributed by atoms with Gasteiger partial charge in [-0.15, -0.1) is 142 Å². The Labute approximate surface area is 642 Å². The molecule has 20 aromatic rings. The molecule has 504 valence electrons. The number of benzene rings is 12. The van der Waals surface area contributed by atoms with E-state index in [0.29, 0.717) is 0 Å². The normalized spacial score (nSPS) is 10.5. The van der Waals surface area contributed by atoms with Crippen LogP contribution in [0.25, 0.3) is 154 Å². The van der Waals surface area contributed by atoms with Crippen LogP contribution in [0.4, 0.5) is 0 Å². The summed E-state index contributed by atoms with van der Waals surface area (Å²) >= 11 is 0. The van der Waals surface area contributed by atoms with Crippen LogP contribution in [-0.4, -0.2) is 39.9 Å². The summed E-state index contributed by atoms with van der Waals surface area (Å²) < 4.78 is 0. The number of hydrogen-bond acceptors (Lipinski definition) is 8. The van der Waals surface area contributed by atoms with Crippen molar-refractivity contribution in [3.05, 3.63) is 414 Å². The third kappa shape index (κ3) is 16.6. The van der Waals surface area contributed by atoms with Crippen molar-refractivity contribution in [1.82, 2.24) is 39.9 Å². The first-order valence-electron chi connectivity index (χ1n) is 34.3. The van der Waals surface area contributed by atoms with Crippen LogP contribution < -0.4 is 0 Å². The molecule has 0 bridgehead atoms. The molecule has 0 fully saturated rings. The molecule has 8 heterocycles. The van der Waals surface area contributed by atoms with E-state index in [2.05, 4.69) is 258 Å². The molecule has 0 saturated carbocycles. The number of pyridine rings is 8. The summed E-state index contributed by atoms with van der Waals surface area (Å²) in [7, 11) is 0. The van der Waals surface area contributed by atoms with E-state index < -0.39 is 0 Å². The average molecular weight is 1710 g/mol. The van der Waals surface area contributed by atoms with Crippen LogP contribution in [0.2, 0.25) is 0 Å². The van der Waals surface area contributed by atoms with Crippen molar-refractivity contribution in [3.63, 3.8) is 0 Å². The Kier molecular flexibility index (Phi) is 23.9. The van der Waals surface area contributed by atoms with Gasteiger partial charge in [0.05, 0.1) is 22.1 Å².